The Kier molecular flexibility index (Phi) is 3.21. The van der Waals surface area contributed by atoms with Crippen molar-refractivity contribution >= 4 is 26.2 Å². The number of halogens is 1. The van der Waals surface area contributed by atoms with Crippen LogP contribution in [0.2, 0.25) is 0 Å². The van der Waals surface area contributed by atoms with E-state index in [0.717, 1.165) is 11.8 Å². The van der Waals surface area contributed by atoms with Crippen LogP contribution in [0.15, 0.2) is 36.5 Å². The number of rotatable bonds is 2. The van der Waals surface area contributed by atoms with Crippen LogP contribution < -0.4 is 0 Å². The number of benzene rings is 1. The van der Waals surface area contributed by atoms with E-state index in [0.29, 0.717) is 3.58 Å². The molecule has 0 bridgehead atoms. The lowest BCUT2D eigenvalue weighted by Crippen LogP contribution is -1.85. The fourth-order valence-electron chi connectivity index (χ4n) is 0.764. The zero-order valence-electron chi connectivity index (χ0n) is 6.11. The van der Waals surface area contributed by atoms with Gasteiger partial charge in [0, 0.05) is 0 Å². The second kappa shape index (κ2) is 4.20. The Hall–Kier alpha value is -0.910. The molecule has 1 aromatic rings. The largest absolute Gasteiger partial charge is 0.259 e. The molecule has 62 valence electrons. The SMILES string of the molecule is O=[N+]([O-])/C=C(/I)c1ccccc1. The molecule has 0 aliphatic heterocycles. The molecule has 0 heterocycles. The summed E-state index contributed by atoms with van der Waals surface area (Å²) in [6, 6.07) is 9.24. The molecule has 3 nitrogen and oxygen atoms in total. The van der Waals surface area contributed by atoms with Crippen LogP contribution >= 0.6 is 22.6 Å². The van der Waals surface area contributed by atoms with E-state index in [2.05, 4.69) is 0 Å². The summed E-state index contributed by atoms with van der Waals surface area (Å²) >= 11 is 1.94. The van der Waals surface area contributed by atoms with E-state index in [9.17, 15) is 10.1 Å². The quantitative estimate of drug-likeness (QED) is 0.473. The van der Waals surface area contributed by atoms with Crippen molar-refractivity contribution in [1.82, 2.24) is 0 Å². The molecule has 12 heavy (non-hydrogen) atoms. The molecule has 0 radical (unpaired) electrons. The van der Waals surface area contributed by atoms with Crippen LogP contribution in [-0.2, 0) is 0 Å². The Labute approximate surface area is 83.4 Å². The number of hydrogen-bond acceptors (Lipinski definition) is 2. The predicted octanol–water partition coefficient (Wildman–Crippen LogP) is 2.70. The molecule has 0 amide bonds. The second-order valence-electron chi connectivity index (χ2n) is 2.13. The van der Waals surface area contributed by atoms with Gasteiger partial charge in [0.05, 0.1) is 8.50 Å². The van der Waals surface area contributed by atoms with E-state index < -0.39 is 4.92 Å². The van der Waals surface area contributed by atoms with Gasteiger partial charge in [-0.25, -0.2) is 0 Å². The molecule has 0 aliphatic rings. The average molecular weight is 275 g/mol. The van der Waals surface area contributed by atoms with Crippen molar-refractivity contribution in [3.05, 3.63) is 52.2 Å². The summed E-state index contributed by atoms with van der Waals surface area (Å²) in [5.74, 6) is 0. The molecule has 0 atom stereocenters. The normalized spacial score (nSPS) is 11.2. The van der Waals surface area contributed by atoms with Crippen molar-refractivity contribution in [2.24, 2.45) is 0 Å². The summed E-state index contributed by atoms with van der Waals surface area (Å²) < 4.78 is 0.637. The lowest BCUT2D eigenvalue weighted by atomic mass is 10.2. The van der Waals surface area contributed by atoms with Gasteiger partial charge in [0.2, 0.25) is 6.20 Å². The Bertz CT molecular complexity index is 308. The summed E-state index contributed by atoms with van der Waals surface area (Å²) in [4.78, 5) is 9.66. The highest BCUT2D eigenvalue weighted by Gasteiger charge is 1.99. The summed E-state index contributed by atoms with van der Waals surface area (Å²) in [7, 11) is 0. The first kappa shape index (κ1) is 9.18. The minimum Gasteiger partial charge on any atom is -0.259 e. The number of hydrogen-bond donors (Lipinski definition) is 0. The predicted molar refractivity (Wildman–Crippen MR) is 55.4 cm³/mol. The van der Waals surface area contributed by atoms with Crippen LogP contribution in [0.4, 0.5) is 0 Å². The van der Waals surface area contributed by atoms with Gasteiger partial charge < -0.3 is 0 Å². The van der Waals surface area contributed by atoms with Gasteiger partial charge in [-0.05, 0) is 28.2 Å². The molecule has 1 rings (SSSR count). The summed E-state index contributed by atoms with van der Waals surface area (Å²) in [5, 5.41) is 10.1. The van der Waals surface area contributed by atoms with Crippen LogP contribution in [0, 0.1) is 10.1 Å². The molecule has 0 saturated carbocycles. The third kappa shape index (κ3) is 2.61. The fraction of sp³-hybridized carbons (Fsp3) is 0. The van der Waals surface area contributed by atoms with Gasteiger partial charge in [0.1, 0.15) is 0 Å². The van der Waals surface area contributed by atoms with Gasteiger partial charge >= 0.3 is 0 Å². The highest BCUT2D eigenvalue weighted by Crippen LogP contribution is 2.20. The van der Waals surface area contributed by atoms with Crippen LogP contribution in [0.5, 0.6) is 0 Å². The average Bonchev–Trinajstić information content (AvgIpc) is 2.05. The van der Waals surface area contributed by atoms with E-state index in [1.54, 1.807) is 0 Å². The van der Waals surface area contributed by atoms with E-state index in [-0.39, 0.29) is 0 Å². The van der Waals surface area contributed by atoms with Crippen molar-refractivity contribution in [2.75, 3.05) is 0 Å². The maximum absolute atomic E-state index is 10.1. The van der Waals surface area contributed by atoms with Crippen molar-refractivity contribution in [3.63, 3.8) is 0 Å². The maximum atomic E-state index is 10.1. The lowest BCUT2D eigenvalue weighted by Gasteiger charge is -1.93. The summed E-state index contributed by atoms with van der Waals surface area (Å²) in [5.41, 5.74) is 0.870. The van der Waals surface area contributed by atoms with Gasteiger partial charge in [-0.1, -0.05) is 30.3 Å². The van der Waals surface area contributed by atoms with Crippen molar-refractivity contribution in [2.45, 2.75) is 0 Å². The minimum absolute atomic E-state index is 0.450. The topological polar surface area (TPSA) is 43.1 Å². The third-order valence-corrected chi connectivity index (χ3v) is 2.17. The minimum atomic E-state index is -0.450. The molecule has 1 aromatic carbocycles. The van der Waals surface area contributed by atoms with E-state index >= 15 is 0 Å². The molecule has 0 aromatic heterocycles. The first-order valence-corrected chi connectivity index (χ1v) is 4.34. The van der Waals surface area contributed by atoms with E-state index in [1.165, 1.54) is 0 Å². The van der Waals surface area contributed by atoms with Gasteiger partial charge in [-0.3, -0.25) is 10.1 Å². The van der Waals surface area contributed by atoms with E-state index in [4.69, 9.17) is 0 Å². The van der Waals surface area contributed by atoms with Gasteiger partial charge in [0.15, 0.2) is 0 Å². The molecule has 0 aliphatic carbocycles. The summed E-state index contributed by atoms with van der Waals surface area (Å²) in [6.45, 7) is 0. The first-order valence-electron chi connectivity index (χ1n) is 3.26. The number of nitrogens with zero attached hydrogens (tertiary/aromatic N) is 1. The van der Waals surface area contributed by atoms with Gasteiger partial charge in [-0.15, -0.1) is 0 Å². The van der Waals surface area contributed by atoms with Crippen LogP contribution in [-0.4, -0.2) is 4.92 Å². The Morgan fingerprint density at radius 3 is 2.50 bits per heavy atom. The maximum Gasteiger partial charge on any atom is 0.248 e. The molecular weight excluding hydrogens is 269 g/mol. The molecule has 4 heteroatoms. The van der Waals surface area contributed by atoms with E-state index in [1.807, 2.05) is 52.9 Å². The smallest absolute Gasteiger partial charge is 0.248 e. The highest BCUT2D eigenvalue weighted by molar-refractivity contribution is 14.1. The van der Waals surface area contributed by atoms with Crippen molar-refractivity contribution in [1.29, 1.82) is 0 Å². The van der Waals surface area contributed by atoms with Gasteiger partial charge in [-0.2, -0.15) is 0 Å². The standard InChI is InChI=1S/C8H6INO2/c9-8(6-10(11)12)7-4-2-1-3-5-7/h1-6H/b8-6+. The zero-order chi connectivity index (χ0) is 8.97. The third-order valence-electron chi connectivity index (χ3n) is 1.27. The molecule has 0 saturated heterocycles. The molecule has 0 fully saturated rings. The lowest BCUT2D eigenvalue weighted by molar-refractivity contribution is -0.401. The van der Waals surface area contributed by atoms with Gasteiger partial charge in [0.25, 0.3) is 0 Å². The Morgan fingerprint density at radius 1 is 1.42 bits per heavy atom. The fourth-order valence-corrected chi connectivity index (χ4v) is 1.35. The van der Waals surface area contributed by atoms with Crippen molar-refractivity contribution in [3.8, 4) is 0 Å². The Morgan fingerprint density at radius 2 is 2.00 bits per heavy atom. The second-order valence-corrected chi connectivity index (χ2v) is 3.29. The molecule has 0 spiro atoms. The molecular formula is C8H6INO2. The van der Waals surface area contributed by atoms with Crippen LogP contribution in [0.25, 0.3) is 3.58 Å². The highest BCUT2D eigenvalue weighted by atomic mass is 127. The molecule has 0 unspecified atom stereocenters. The van der Waals surface area contributed by atoms with Crippen molar-refractivity contribution < 1.29 is 4.92 Å². The number of nitro groups is 1. The van der Waals surface area contributed by atoms with Crippen LogP contribution in [0.3, 0.4) is 0 Å². The Balaban J connectivity index is 2.93. The zero-order valence-corrected chi connectivity index (χ0v) is 8.26. The monoisotopic (exact) mass is 275 g/mol. The first-order chi connectivity index (χ1) is 5.70. The molecule has 0 N–H and O–H groups in total. The summed E-state index contributed by atoms with van der Waals surface area (Å²) in [6.07, 6.45) is 0.996. The van der Waals surface area contributed by atoms with Crippen LogP contribution in [0.1, 0.15) is 5.56 Å².